The predicted molar refractivity (Wildman–Crippen MR) is 86.9 cm³/mol. The van der Waals surface area contributed by atoms with Gasteiger partial charge in [0.1, 0.15) is 0 Å². The number of thiophene rings is 1. The van der Waals surface area contributed by atoms with Crippen LogP contribution in [-0.4, -0.2) is 5.75 Å². The van der Waals surface area contributed by atoms with Gasteiger partial charge in [0.2, 0.25) is 0 Å². The van der Waals surface area contributed by atoms with Gasteiger partial charge in [0.15, 0.2) is 0 Å². The molecule has 1 unspecified atom stereocenters. The minimum atomic E-state index is 0.304. The molecule has 0 amide bonds. The first-order valence-corrected chi connectivity index (χ1v) is 9.69. The molecule has 19 heavy (non-hydrogen) atoms. The fourth-order valence-electron chi connectivity index (χ4n) is 3.52. The van der Waals surface area contributed by atoms with E-state index in [4.69, 9.17) is 5.73 Å². The van der Waals surface area contributed by atoms with E-state index < -0.39 is 0 Å². The van der Waals surface area contributed by atoms with Gasteiger partial charge in [-0.2, -0.15) is 11.8 Å². The minimum Gasteiger partial charge on any atom is -0.323 e. The fourth-order valence-corrected chi connectivity index (χ4v) is 5.99. The molecule has 1 fully saturated rings. The third kappa shape index (κ3) is 3.03. The van der Waals surface area contributed by atoms with Gasteiger partial charge in [0.05, 0.1) is 0 Å². The van der Waals surface area contributed by atoms with Crippen LogP contribution in [0.1, 0.15) is 60.4 Å². The van der Waals surface area contributed by atoms with Gasteiger partial charge >= 0.3 is 0 Å². The van der Waals surface area contributed by atoms with Crippen LogP contribution < -0.4 is 5.73 Å². The van der Waals surface area contributed by atoms with Gasteiger partial charge in [-0.05, 0) is 48.5 Å². The molecular formula is C16H25NS2. The summed E-state index contributed by atoms with van der Waals surface area (Å²) in [7, 11) is 0. The van der Waals surface area contributed by atoms with Gasteiger partial charge in [-0.3, -0.25) is 0 Å². The van der Waals surface area contributed by atoms with Crippen LogP contribution in [0.3, 0.4) is 0 Å². The Hall–Kier alpha value is 0.01000. The van der Waals surface area contributed by atoms with E-state index in [-0.39, 0.29) is 0 Å². The number of rotatable bonds is 3. The third-order valence-electron chi connectivity index (χ3n) is 4.95. The van der Waals surface area contributed by atoms with Crippen LogP contribution in [0.4, 0.5) is 0 Å². The van der Waals surface area contributed by atoms with E-state index in [0.717, 1.165) is 11.8 Å². The molecule has 3 heteroatoms. The van der Waals surface area contributed by atoms with Crippen molar-refractivity contribution in [2.24, 2.45) is 17.6 Å². The van der Waals surface area contributed by atoms with Crippen LogP contribution in [0, 0.1) is 11.8 Å². The molecule has 1 atom stereocenters. The Morgan fingerprint density at radius 1 is 1.32 bits per heavy atom. The van der Waals surface area contributed by atoms with Gasteiger partial charge in [0.25, 0.3) is 0 Å². The first kappa shape index (κ1) is 14.0. The predicted octanol–water partition coefficient (Wildman–Crippen LogP) is 4.75. The monoisotopic (exact) mass is 295 g/mol. The van der Waals surface area contributed by atoms with E-state index in [2.05, 4.69) is 24.8 Å². The van der Waals surface area contributed by atoms with Gasteiger partial charge in [-0.15, -0.1) is 11.3 Å². The highest BCUT2D eigenvalue weighted by Crippen LogP contribution is 2.41. The SMILES string of the molecule is CCC1CCC(C(N)c2cc3c(s2)CCSC3)CC1. The lowest BCUT2D eigenvalue weighted by Gasteiger charge is -2.31. The van der Waals surface area contributed by atoms with Crippen molar-refractivity contribution in [1.82, 2.24) is 0 Å². The number of hydrogen-bond donors (Lipinski definition) is 1. The van der Waals surface area contributed by atoms with Crippen LogP contribution in [0.25, 0.3) is 0 Å². The van der Waals surface area contributed by atoms with Crippen LogP contribution in [0.5, 0.6) is 0 Å². The molecule has 1 nitrogen and oxygen atoms in total. The molecule has 2 N–H and O–H groups in total. The summed E-state index contributed by atoms with van der Waals surface area (Å²) in [5, 5.41) is 0. The molecule has 3 rings (SSSR count). The van der Waals surface area contributed by atoms with Crippen molar-refractivity contribution >= 4 is 23.1 Å². The third-order valence-corrected chi connectivity index (χ3v) is 7.30. The molecule has 106 valence electrons. The molecule has 1 saturated carbocycles. The first-order chi connectivity index (χ1) is 9.28. The molecule has 1 aliphatic heterocycles. The van der Waals surface area contributed by atoms with Crippen LogP contribution >= 0.6 is 23.1 Å². The minimum absolute atomic E-state index is 0.304. The topological polar surface area (TPSA) is 26.0 Å². The standard InChI is InChI=1S/C16H25NS2/c1-2-11-3-5-12(6-4-11)16(17)15-9-13-10-18-8-7-14(13)19-15/h9,11-12,16H,2-8,10,17H2,1H3. The second kappa shape index (κ2) is 6.19. The summed E-state index contributed by atoms with van der Waals surface area (Å²) in [4.78, 5) is 3.08. The molecule has 0 saturated heterocycles. The van der Waals surface area contributed by atoms with Crippen molar-refractivity contribution in [3.8, 4) is 0 Å². The van der Waals surface area contributed by atoms with Crippen molar-refractivity contribution in [2.45, 2.75) is 57.2 Å². The maximum atomic E-state index is 6.57. The quantitative estimate of drug-likeness (QED) is 0.870. The molecular weight excluding hydrogens is 270 g/mol. The average Bonchev–Trinajstić information content (AvgIpc) is 2.90. The fraction of sp³-hybridized carbons (Fsp3) is 0.750. The Morgan fingerprint density at radius 3 is 2.79 bits per heavy atom. The highest BCUT2D eigenvalue weighted by atomic mass is 32.2. The summed E-state index contributed by atoms with van der Waals surface area (Å²) < 4.78 is 0. The van der Waals surface area contributed by atoms with Crippen LogP contribution in [-0.2, 0) is 12.2 Å². The number of aryl methyl sites for hydroxylation is 1. The Balaban J connectivity index is 1.67. The molecule has 1 aromatic heterocycles. The van der Waals surface area contributed by atoms with Crippen molar-refractivity contribution in [1.29, 1.82) is 0 Å². The van der Waals surface area contributed by atoms with Gasteiger partial charge < -0.3 is 5.73 Å². The lowest BCUT2D eigenvalue weighted by molar-refractivity contribution is 0.241. The van der Waals surface area contributed by atoms with E-state index in [0.29, 0.717) is 6.04 Å². The Labute approximate surface area is 125 Å². The molecule has 1 aliphatic carbocycles. The molecule has 0 radical (unpaired) electrons. The zero-order valence-corrected chi connectivity index (χ0v) is 13.5. The molecule has 0 spiro atoms. The number of hydrogen-bond acceptors (Lipinski definition) is 3. The summed E-state index contributed by atoms with van der Waals surface area (Å²) in [6.07, 6.45) is 8.10. The summed E-state index contributed by atoms with van der Waals surface area (Å²) in [6.45, 7) is 2.33. The van der Waals surface area contributed by atoms with Gasteiger partial charge in [0, 0.05) is 21.5 Å². The Morgan fingerprint density at radius 2 is 2.11 bits per heavy atom. The average molecular weight is 296 g/mol. The normalized spacial score (nSPS) is 28.9. The summed E-state index contributed by atoms with van der Waals surface area (Å²) >= 11 is 4.07. The maximum absolute atomic E-state index is 6.57. The summed E-state index contributed by atoms with van der Waals surface area (Å²) in [5.74, 6) is 4.21. The van der Waals surface area contributed by atoms with Gasteiger partial charge in [-0.1, -0.05) is 26.2 Å². The smallest absolute Gasteiger partial charge is 0.0418 e. The second-order valence-electron chi connectivity index (χ2n) is 6.11. The van der Waals surface area contributed by atoms with Crippen molar-refractivity contribution < 1.29 is 0 Å². The molecule has 1 aromatic rings. The van der Waals surface area contributed by atoms with E-state index in [9.17, 15) is 0 Å². The lowest BCUT2D eigenvalue weighted by Crippen LogP contribution is -2.25. The van der Waals surface area contributed by atoms with Crippen LogP contribution in [0.15, 0.2) is 6.07 Å². The highest BCUT2D eigenvalue weighted by molar-refractivity contribution is 7.98. The Bertz CT molecular complexity index is 395. The Kier molecular flexibility index (Phi) is 4.55. The van der Waals surface area contributed by atoms with E-state index >= 15 is 0 Å². The first-order valence-electron chi connectivity index (χ1n) is 7.72. The second-order valence-corrected chi connectivity index (χ2v) is 8.39. The maximum Gasteiger partial charge on any atom is 0.0418 e. The van der Waals surface area contributed by atoms with Gasteiger partial charge in [-0.25, -0.2) is 0 Å². The number of fused-ring (bicyclic) bond motifs is 1. The number of thioether (sulfide) groups is 1. The van der Waals surface area contributed by atoms with E-state index in [1.807, 2.05) is 11.3 Å². The van der Waals surface area contributed by atoms with E-state index in [1.165, 1.54) is 54.9 Å². The molecule has 0 aromatic carbocycles. The zero-order chi connectivity index (χ0) is 13.2. The summed E-state index contributed by atoms with van der Waals surface area (Å²) in [5.41, 5.74) is 8.15. The summed E-state index contributed by atoms with van der Waals surface area (Å²) in [6, 6.07) is 2.72. The van der Waals surface area contributed by atoms with Crippen LogP contribution in [0.2, 0.25) is 0 Å². The number of nitrogens with two attached hydrogens (primary N) is 1. The molecule has 0 bridgehead atoms. The lowest BCUT2D eigenvalue weighted by atomic mass is 9.77. The van der Waals surface area contributed by atoms with Crippen molar-refractivity contribution in [2.75, 3.05) is 5.75 Å². The molecule has 2 heterocycles. The largest absolute Gasteiger partial charge is 0.323 e. The van der Waals surface area contributed by atoms with E-state index in [1.54, 1.807) is 10.4 Å². The molecule has 2 aliphatic rings. The van der Waals surface area contributed by atoms with Crippen molar-refractivity contribution in [3.05, 3.63) is 21.4 Å². The van der Waals surface area contributed by atoms with Crippen molar-refractivity contribution in [3.63, 3.8) is 0 Å². The zero-order valence-electron chi connectivity index (χ0n) is 11.9. The highest BCUT2D eigenvalue weighted by Gasteiger charge is 2.27.